The molecule has 2 N–H and O–H groups in total. The van der Waals surface area contributed by atoms with E-state index in [0.717, 1.165) is 5.01 Å². The van der Waals surface area contributed by atoms with E-state index < -0.39 is 23.4 Å². The van der Waals surface area contributed by atoms with Crippen LogP contribution in [0.3, 0.4) is 0 Å². The normalized spacial score (nSPS) is 19.2. The number of imide groups is 1. The van der Waals surface area contributed by atoms with Crippen LogP contribution in [-0.2, 0) is 10.3 Å². The lowest BCUT2D eigenvalue weighted by Crippen LogP contribution is -2.48. The highest BCUT2D eigenvalue weighted by atomic mass is 16.5. The Hall–Kier alpha value is -3.35. The minimum Gasteiger partial charge on any atom is -0.497 e. The zero-order valence-corrected chi connectivity index (χ0v) is 14.5. The second-order valence-corrected chi connectivity index (χ2v) is 5.87. The molecule has 0 spiro atoms. The summed E-state index contributed by atoms with van der Waals surface area (Å²) in [7, 11) is 1.49. The number of hydrogen-bond acceptors (Lipinski definition) is 4. The van der Waals surface area contributed by atoms with Gasteiger partial charge < -0.3 is 10.1 Å². The monoisotopic (exact) mass is 353 g/mol. The number of amides is 4. The van der Waals surface area contributed by atoms with E-state index in [2.05, 4.69) is 10.7 Å². The van der Waals surface area contributed by atoms with Crippen molar-refractivity contribution in [2.75, 3.05) is 7.11 Å². The Morgan fingerprint density at radius 1 is 1.15 bits per heavy atom. The number of benzene rings is 2. The third kappa shape index (κ3) is 2.88. The number of nitrogens with zero attached hydrogens (tertiary/aromatic N) is 1. The Morgan fingerprint density at radius 3 is 2.54 bits per heavy atom. The predicted molar refractivity (Wildman–Crippen MR) is 94.2 cm³/mol. The Bertz CT molecular complexity index is 853. The van der Waals surface area contributed by atoms with Crippen molar-refractivity contribution in [2.24, 2.45) is 0 Å². The van der Waals surface area contributed by atoms with Gasteiger partial charge >= 0.3 is 6.03 Å². The lowest BCUT2D eigenvalue weighted by molar-refractivity contribution is -0.133. The van der Waals surface area contributed by atoms with Crippen LogP contribution in [0.15, 0.2) is 54.6 Å². The molecule has 0 saturated carbocycles. The molecule has 1 heterocycles. The largest absolute Gasteiger partial charge is 0.497 e. The number of methoxy groups -OCH3 is 1. The molecule has 7 heteroatoms. The van der Waals surface area contributed by atoms with Crippen molar-refractivity contribution in [3.8, 4) is 5.75 Å². The topological polar surface area (TPSA) is 87.7 Å². The van der Waals surface area contributed by atoms with Crippen LogP contribution in [0.2, 0.25) is 0 Å². The lowest BCUT2D eigenvalue weighted by Gasteiger charge is -2.25. The Morgan fingerprint density at radius 2 is 1.88 bits per heavy atom. The van der Waals surface area contributed by atoms with Gasteiger partial charge in [0.1, 0.15) is 11.3 Å². The van der Waals surface area contributed by atoms with E-state index in [1.165, 1.54) is 13.2 Å². The van der Waals surface area contributed by atoms with Crippen LogP contribution in [0.4, 0.5) is 4.79 Å². The highest BCUT2D eigenvalue weighted by Gasteiger charge is 2.52. The number of rotatable bonds is 5. The first kappa shape index (κ1) is 17.5. The number of hydrogen-bond donors (Lipinski definition) is 2. The van der Waals surface area contributed by atoms with Gasteiger partial charge in [-0.1, -0.05) is 43.3 Å². The summed E-state index contributed by atoms with van der Waals surface area (Å²) in [5, 5.41) is 3.45. The van der Waals surface area contributed by atoms with Crippen LogP contribution in [-0.4, -0.2) is 30.0 Å². The van der Waals surface area contributed by atoms with Crippen LogP contribution >= 0.6 is 0 Å². The summed E-state index contributed by atoms with van der Waals surface area (Å²) in [6, 6.07) is 14.7. The van der Waals surface area contributed by atoms with Crippen molar-refractivity contribution in [3.05, 3.63) is 65.7 Å². The zero-order chi connectivity index (χ0) is 18.7. The molecule has 134 valence electrons. The van der Waals surface area contributed by atoms with Gasteiger partial charge in [-0.15, -0.1) is 0 Å². The molecule has 3 rings (SSSR count). The Balaban J connectivity index is 1.86. The molecular formula is C19H19N3O4. The van der Waals surface area contributed by atoms with Crippen molar-refractivity contribution in [2.45, 2.75) is 18.9 Å². The van der Waals surface area contributed by atoms with Crippen molar-refractivity contribution < 1.29 is 19.1 Å². The summed E-state index contributed by atoms with van der Waals surface area (Å²) in [5.41, 5.74) is 2.13. The first-order valence-corrected chi connectivity index (χ1v) is 8.19. The van der Waals surface area contributed by atoms with Gasteiger partial charge in [0.15, 0.2) is 0 Å². The van der Waals surface area contributed by atoms with E-state index in [-0.39, 0.29) is 5.56 Å². The second kappa shape index (κ2) is 6.87. The van der Waals surface area contributed by atoms with Gasteiger partial charge in [-0.05, 0) is 30.2 Å². The standard InChI is InChI=1S/C19H19N3O4/c1-3-19(14-9-5-4-6-10-14)17(24)22(18(25)20-19)21-16(23)13-8-7-11-15(12-13)26-2/h4-12H,3H2,1-2H3,(H,20,25)(H,21,23)/t19-/m0/s1. The third-order valence-electron chi connectivity index (χ3n) is 4.43. The summed E-state index contributed by atoms with van der Waals surface area (Å²) in [6.07, 6.45) is 0.354. The van der Waals surface area contributed by atoms with E-state index in [1.54, 1.807) is 49.4 Å². The predicted octanol–water partition coefficient (Wildman–Crippen LogP) is 2.20. The second-order valence-electron chi connectivity index (χ2n) is 5.87. The van der Waals surface area contributed by atoms with E-state index in [0.29, 0.717) is 17.7 Å². The zero-order valence-electron chi connectivity index (χ0n) is 14.5. The molecule has 0 radical (unpaired) electrons. The molecule has 1 saturated heterocycles. The van der Waals surface area contributed by atoms with E-state index >= 15 is 0 Å². The molecule has 1 fully saturated rings. The molecular weight excluding hydrogens is 334 g/mol. The maximum Gasteiger partial charge on any atom is 0.344 e. The van der Waals surface area contributed by atoms with Crippen molar-refractivity contribution in [3.63, 3.8) is 0 Å². The minimum absolute atomic E-state index is 0.277. The molecule has 0 aromatic heterocycles. The highest BCUT2D eigenvalue weighted by Crippen LogP contribution is 2.31. The molecule has 1 aliphatic heterocycles. The maximum absolute atomic E-state index is 13.0. The molecule has 7 nitrogen and oxygen atoms in total. The molecule has 1 atom stereocenters. The van der Waals surface area contributed by atoms with Gasteiger partial charge in [-0.25, -0.2) is 4.79 Å². The Labute approximate surface area is 150 Å². The van der Waals surface area contributed by atoms with Crippen LogP contribution in [0.5, 0.6) is 5.75 Å². The first-order valence-electron chi connectivity index (χ1n) is 8.19. The van der Waals surface area contributed by atoms with Gasteiger partial charge in [0, 0.05) is 5.56 Å². The van der Waals surface area contributed by atoms with Crippen molar-refractivity contribution in [1.82, 2.24) is 15.8 Å². The van der Waals surface area contributed by atoms with Gasteiger partial charge in [0.2, 0.25) is 0 Å². The van der Waals surface area contributed by atoms with E-state index in [1.807, 2.05) is 6.07 Å². The number of ether oxygens (including phenoxy) is 1. The van der Waals surface area contributed by atoms with E-state index in [4.69, 9.17) is 4.74 Å². The van der Waals surface area contributed by atoms with Crippen LogP contribution in [0, 0.1) is 0 Å². The van der Waals surface area contributed by atoms with Crippen LogP contribution in [0.25, 0.3) is 0 Å². The summed E-state index contributed by atoms with van der Waals surface area (Å²) in [4.78, 5) is 37.8. The molecule has 4 amide bonds. The number of hydrazine groups is 1. The average molecular weight is 353 g/mol. The molecule has 0 unspecified atom stereocenters. The Kier molecular flexibility index (Phi) is 4.62. The molecule has 1 aliphatic rings. The maximum atomic E-state index is 13.0. The number of carbonyl (C=O) groups excluding carboxylic acids is 3. The average Bonchev–Trinajstić information content (AvgIpc) is 2.93. The number of carbonyl (C=O) groups is 3. The third-order valence-corrected chi connectivity index (χ3v) is 4.43. The number of nitrogens with one attached hydrogen (secondary N) is 2. The van der Waals surface area contributed by atoms with Crippen LogP contribution < -0.4 is 15.5 Å². The molecule has 26 heavy (non-hydrogen) atoms. The molecule has 0 bridgehead atoms. The van der Waals surface area contributed by atoms with Crippen molar-refractivity contribution in [1.29, 1.82) is 0 Å². The quantitative estimate of drug-likeness (QED) is 0.807. The van der Waals surface area contributed by atoms with Gasteiger partial charge in [0.05, 0.1) is 7.11 Å². The summed E-state index contributed by atoms with van der Waals surface area (Å²) < 4.78 is 5.09. The van der Waals surface area contributed by atoms with Crippen molar-refractivity contribution >= 4 is 17.8 Å². The SMILES string of the molecule is CC[C@@]1(c2ccccc2)NC(=O)N(NC(=O)c2cccc(OC)c2)C1=O. The fourth-order valence-electron chi connectivity index (χ4n) is 2.97. The highest BCUT2D eigenvalue weighted by molar-refractivity contribution is 6.09. The lowest BCUT2D eigenvalue weighted by atomic mass is 9.87. The fourth-order valence-corrected chi connectivity index (χ4v) is 2.97. The smallest absolute Gasteiger partial charge is 0.344 e. The minimum atomic E-state index is -1.19. The van der Waals surface area contributed by atoms with Gasteiger partial charge in [0.25, 0.3) is 11.8 Å². The fraction of sp³-hybridized carbons (Fsp3) is 0.211. The summed E-state index contributed by atoms with van der Waals surface area (Å²) in [6.45, 7) is 1.80. The van der Waals surface area contributed by atoms with Crippen LogP contribution in [0.1, 0.15) is 29.3 Å². The van der Waals surface area contributed by atoms with Gasteiger partial charge in [-0.3, -0.25) is 15.0 Å². The molecule has 2 aromatic carbocycles. The van der Waals surface area contributed by atoms with E-state index in [9.17, 15) is 14.4 Å². The molecule has 0 aliphatic carbocycles. The van der Waals surface area contributed by atoms with Gasteiger partial charge in [-0.2, -0.15) is 5.01 Å². The number of urea groups is 1. The summed E-state index contributed by atoms with van der Waals surface area (Å²) in [5.74, 6) is -0.596. The first-order chi connectivity index (χ1) is 12.5. The molecule has 2 aromatic rings. The summed E-state index contributed by atoms with van der Waals surface area (Å²) >= 11 is 0.